The molecule has 1 aliphatic carbocycles. The van der Waals surface area contributed by atoms with Gasteiger partial charge in [0.15, 0.2) is 0 Å². The average molecular weight is 244 g/mol. The number of fused-ring (bicyclic) bond motifs is 3. The smallest absolute Gasteiger partial charge is 0.314 e. The van der Waals surface area contributed by atoms with Gasteiger partial charge in [-0.15, -0.1) is 0 Å². The van der Waals surface area contributed by atoms with E-state index in [-0.39, 0.29) is 0 Å². The molecular formula is C17H10NO. The monoisotopic (exact) mass is 244 g/mol. The summed E-state index contributed by atoms with van der Waals surface area (Å²) < 4.78 is 0. The molecule has 0 aromatic heterocycles. The molecule has 0 fully saturated rings. The summed E-state index contributed by atoms with van der Waals surface area (Å²) in [4.78, 5) is 10.7. The summed E-state index contributed by atoms with van der Waals surface area (Å²) in [5, 5.41) is 5.09. The Bertz CT molecular complexity index is 821. The van der Waals surface area contributed by atoms with Gasteiger partial charge in [-0.05, 0) is 33.5 Å². The molecule has 0 heterocycles. The molecule has 0 unspecified atom stereocenters. The Morgan fingerprint density at radius 2 is 1.58 bits per heavy atom. The molecule has 0 saturated carbocycles. The lowest BCUT2D eigenvalue weighted by molar-refractivity contribution is 0.561. The first-order valence-corrected chi connectivity index (χ1v) is 6.19. The highest BCUT2D eigenvalue weighted by molar-refractivity contribution is 6.19. The summed E-state index contributed by atoms with van der Waals surface area (Å²) in [5.41, 5.74) is 5.56. The van der Waals surface area contributed by atoms with Crippen molar-refractivity contribution in [1.29, 1.82) is 0 Å². The van der Waals surface area contributed by atoms with Crippen LogP contribution in [0.3, 0.4) is 0 Å². The standard InChI is InChI=1S/C17H10NO/c19-10-18-15-9-8-11-4-3-7-13-12-5-1-2-6-14(12)17(15)16(11)13/h1-9H,(H,18,19). The van der Waals surface area contributed by atoms with Crippen LogP contribution in [0.2, 0.25) is 0 Å². The van der Waals surface area contributed by atoms with Crippen LogP contribution in [0.1, 0.15) is 0 Å². The normalized spacial score (nSPS) is 11.4. The van der Waals surface area contributed by atoms with Crippen LogP contribution in [0.5, 0.6) is 0 Å². The van der Waals surface area contributed by atoms with Gasteiger partial charge >= 0.3 is 6.41 Å². The Morgan fingerprint density at radius 3 is 2.42 bits per heavy atom. The highest BCUT2D eigenvalue weighted by atomic mass is 16.1. The Hall–Kier alpha value is -2.61. The number of anilines is 1. The maximum atomic E-state index is 10.7. The maximum Gasteiger partial charge on any atom is 0.314 e. The van der Waals surface area contributed by atoms with Crippen molar-refractivity contribution in [2.45, 2.75) is 0 Å². The van der Waals surface area contributed by atoms with Crippen LogP contribution in [-0.2, 0) is 4.79 Å². The number of carbonyl (C=O) groups excluding carboxylic acids is 1. The molecule has 0 atom stereocenters. The SMILES string of the molecule is O=[C]Nc1ccc2cccc3c2c1-c1ccccc1-3. The number of hydrogen-bond acceptors (Lipinski definition) is 1. The second-order valence-corrected chi connectivity index (χ2v) is 4.66. The first kappa shape index (κ1) is 10.3. The molecule has 19 heavy (non-hydrogen) atoms. The predicted octanol–water partition coefficient (Wildman–Crippen LogP) is 3.97. The second kappa shape index (κ2) is 3.69. The van der Waals surface area contributed by atoms with Gasteiger partial charge in [0.2, 0.25) is 0 Å². The summed E-state index contributed by atoms with van der Waals surface area (Å²) in [7, 11) is 0. The van der Waals surface area contributed by atoms with Gasteiger partial charge in [-0.25, -0.2) is 0 Å². The van der Waals surface area contributed by atoms with E-state index in [2.05, 4.69) is 35.6 Å². The number of nitrogens with one attached hydrogen (secondary N) is 1. The molecule has 3 aromatic rings. The van der Waals surface area contributed by atoms with Gasteiger partial charge in [0, 0.05) is 11.3 Å². The van der Waals surface area contributed by atoms with Gasteiger partial charge in [-0.2, -0.15) is 0 Å². The summed E-state index contributed by atoms with van der Waals surface area (Å²) >= 11 is 0. The van der Waals surface area contributed by atoms with Crippen molar-refractivity contribution in [2.24, 2.45) is 0 Å². The van der Waals surface area contributed by atoms with Crippen LogP contribution in [0, 0.1) is 0 Å². The van der Waals surface area contributed by atoms with E-state index in [0.717, 1.165) is 11.3 Å². The van der Waals surface area contributed by atoms with Crippen LogP contribution < -0.4 is 5.32 Å². The van der Waals surface area contributed by atoms with Gasteiger partial charge in [0.25, 0.3) is 0 Å². The van der Waals surface area contributed by atoms with Gasteiger partial charge in [-0.1, -0.05) is 48.5 Å². The Morgan fingerprint density at radius 1 is 0.789 bits per heavy atom. The zero-order chi connectivity index (χ0) is 12.8. The predicted molar refractivity (Wildman–Crippen MR) is 77.7 cm³/mol. The number of amides is 1. The zero-order valence-corrected chi connectivity index (χ0v) is 10.1. The van der Waals surface area contributed by atoms with E-state index in [4.69, 9.17) is 0 Å². The topological polar surface area (TPSA) is 29.1 Å². The molecule has 1 N–H and O–H groups in total. The minimum Gasteiger partial charge on any atom is -0.317 e. The summed E-state index contributed by atoms with van der Waals surface area (Å²) in [6.45, 7) is 0. The molecule has 3 aromatic carbocycles. The third-order valence-corrected chi connectivity index (χ3v) is 3.72. The molecule has 4 rings (SSSR count). The van der Waals surface area contributed by atoms with Crippen molar-refractivity contribution in [3.8, 4) is 22.3 Å². The lowest BCUT2D eigenvalue weighted by atomic mass is 10.0. The molecule has 1 aliphatic rings. The minimum atomic E-state index is 0.819. The van der Waals surface area contributed by atoms with Crippen LogP contribution in [-0.4, -0.2) is 6.41 Å². The Kier molecular flexibility index (Phi) is 2.00. The highest BCUT2D eigenvalue weighted by Crippen LogP contribution is 2.49. The molecule has 0 bridgehead atoms. The van der Waals surface area contributed by atoms with Crippen molar-refractivity contribution in [3.05, 3.63) is 54.6 Å². The molecule has 89 valence electrons. The molecule has 2 nitrogen and oxygen atoms in total. The third kappa shape index (κ3) is 1.28. The first-order chi connectivity index (χ1) is 9.40. The molecular weight excluding hydrogens is 234 g/mol. The van der Waals surface area contributed by atoms with Crippen molar-refractivity contribution in [1.82, 2.24) is 0 Å². The van der Waals surface area contributed by atoms with Gasteiger partial charge < -0.3 is 5.32 Å². The highest BCUT2D eigenvalue weighted by Gasteiger charge is 2.23. The third-order valence-electron chi connectivity index (χ3n) is 3.72. The largest absolute Gasteiger partial charge is 0.317 e. The number of hydrogen-bond donors (Lipinski definition) is 1. The summed E-state index contributed by atoms with van der Waals surface area (Å²) in [6, 6.07) is 18.6. The van der Waals surface area contributed by atoms with Gasteiger partial charge in [0.1, 0.15) is 0 Å². The zero-order valence-electron chi connectivity index (χ0n) is 10.1. The number of rotatable bonds is 2. The first-order valence-electron chi connectivity index (χ1n) is 6.19. The molecule has 0 saturated heterocycles. The van der Waals surface area contributed by atoms with Gasteiger partial charge in [0.05, 0.1) is 0 Å². The van der Waals surface area contributed by atoms with Gasteiger partial charge in [-0.3, -0.25) is 4.79 Å². The van der Waals surface area contributed by atoms with Crippen molar-refractivity contribution < 1.29 is 4.79 Å². The molecule has 0 spiro atoms. The minimum absolute atomic E-state index is 0.819. The molecule has 1 radical (unpaired) electrons. The van der Waals surface area contributed by atoms with E-state index in [1.807, 2.05) is 24.3 Å². The Balaban J connectivity index is 2.21. The van der Waals surface area contributed by atoms with Crippen molar-refractivity contribution >= 4 is 22.9 Å². The fraction of sp³-hybridized carbons (Fsp3) is 0. The van der Waals surface area contributed by atoms with Crippen molar-refractivity contribution in [3.63, 3.8) is 0 Å². The van der Waals surface area contributed by atoms with Crippen LogP contribution in [0.4, 0.5) is 5.69 Å². The van der Waals surface area contributed by atoms with Crippen LogP contribution in [0.15, 0.2) is 54.6 Å². The van der Waals surface area contributed by atoms with E-state index >= 15 is 0 Å². The van der Waals surface area contributed by atoms with E-state index in [1.54, 1.807) is 6.41 Å². The Labute approximate surface area is 110 Å². The fourth-order valence-corrected chi connectivity index (χ4v) is 2.98. The van der Waals surface area contributed by atoms with Crippen LogP contribution >= 0.6 is 0 Å². The molecule has 0 aliphatic heterocycles. The molecule has 1 amide bonds. The van der Waals surface area contributed by atoms with Crippen LogP contribution in [0.25, 0.3) is 33.0 Å². The maximum absolute atomic E-state index is 10.7. The molecule has 2 heteroatoms. The lowest BCUT2D eigenvalue weighted by Crippen LogP contribution is -1.95. The summed E-state index contributed by atoms with van der Waals surface area (Å²) in [5.74, 6) is 0. The lowest BCUT2D eigenvalue weighted by Gasteiger charge is -2.08. The number of benzene rings is 3. The fourth-order valence-electron chi connectivity index (χ4n) is 2.98. The van der Waals surface area contributed by atoms with E-state index in [1.165, 1.54) is 27.5 Å². The van der Waals surface area contributed by atoms with E-state index in [9.17, 15) is 4.79 Å². The van der Waals surface area contributed by atoms with E-state index in [0.29, 0.717) is 0 Å². The second-order valence-electron chi connectivity index (χ2n) is 4.66. The quantitative estimate of drug-likeness (QED) is 0.531. The van der Waals surface area contributed by atoms with Crippen molar-refractivity contribution in [2.75, 3.05) is 5.32 Å². The summed E-state index contributed by atoms with van der Waals surface area (Å²) in [6.07, 6.45) is 1.78. The average Bonchev–Trinajstić information content (AvgIpc) is 2.80. The van der Waals surface area contributed by atoms with E-state index < -0.39 is 0 Å².